The van der Waals surface area contributed by atoms with Crippen LogP contribution in [0, 0.1) is 0 Å². The van der Waals surface area contributed by atoms with Crippen LogP contribution < -0.4 is 19.7 Å². The summed E-state index contributed by atoms with van der Waals surface area (Å²) in [5, 5.41) is 2.90. The molecule has 0 aromatic heterocycles. The van der Waals surface area contributed by atoms with Crippen molar-refractivity contribution in [2.75, 3.05) is 30.5 Å². The van der Waals surface area contributed by atoms with Crippen LogP contribution in [-0.4, -0.2) is 32.1 Å². The zero-order chi connectivity index (χ0) is 18.5. The maximum atomic E-state index is 12.7. The quantitative estimate of drug-likeness (QED) is 0.862. The first-order chi connectivity index (χ1) is 12.6. The number of carbonyl (C=O) groups is 2. The van der Waals surface area contributed by atoms with Crippen molar-refractivity contribution in [2.24, 2.45) is 0 Å². The first kappa shape index (κ1) is 17.8. The van der Waals surface area contributed by atoms with Gasteiger partial charge in [-0.1, -0.05) is 12.1 Å². The summed E-state index contributed by atoms with van der Waals surface area (Å²) >= 11 is 0. The third-order valence-electron chi connectivity index (χ3n) is 4.24. The molecule has 1 fully saturated rings. The highest BCUT2D eigenvalue weighted by Gasteiger charge is 2.24. The Hall–Kier alpha value is -3.02. The fourth-order valence-corrected chi connectivity index (χ4v) is 3.00. The molecule has 1 N–H and O–H groups in total. The van der Waals surface area contributed by atoms with Crippen LogP contribution in [0.3, 0.4) is 0 Å². The minimum absolute atomic E-state index is 0.0782. The van der Waals surface area contributed by atoms with Crippen molar-refractivity contribution >= 4 is 23.2 Å². The van der Waals surface area contributed by atoms with E-state index in [1.165, 1.54) is 7.11 Å². The molecule has 1 aliphatic rings. The van der Waals surface area contributed by atoms with E-state index in [-0.39, 0.29) is 11.8 Å². The number of benzene rings is 2. The second kappa shape index (κ2) is 7.91. The summed E-state index contributed by atoms with van der Waals surface area (Å²) in [7, 11) is 1.54. The van der Waals surface area contributed by atoms with Gasteiger partial charge in [0.2, 0.25) is 5.91 Å². The number of ether oxygens (including phenoxy) is 2. The molecule has 136 valence electrons. The van der Waals surface area contributed by atoms with Gasteiger partial charge in [-0.2, -0.15) is 0 Å². The first-order valence-corrected chi connectivity index (χ1v) is 8.65. The first-order valence-electron chi connectivity index (χ1n) is 8.65. The number of hydrogen-bond donors (Lipinski definition) is 1. The van der Waals surface area contributed by atoms with Crippen LogP contribution >= 0.6 is 0 Å². The van der Waals surface area contributed by atoms with Crippen molar-refractivity contribution in [3.05, 3.63) is 48.0 Å². The third kappa shape index (κ3) is 3.64. The Morgan fingerprint density at radius 2 is 2.00 bits per heavy atom. The monoisotopic (exact) mass is 354 g/mol. The van der Waals surface area contributed by atoms with E-state index in [0.717, 1.165) is 12.1 Å². The molecule has 0 spiro atoms. The van der Waals surface area contributed by atoms with E-state index >= 15 is 0 Å². The number of para-hydroxylation sites is 2. The average Bonchev–Trinajstić information content (AvgIpc) is 3.08. The molecule has 6 nitrogen and oxygen atoms in total. The van der Waals surface area contributed by atoms with Gasteiger partial charge in [-0.15, -0.1) is 0 Å². The molecule has 26 heavy (non-hydrogen) atoms. The zero-order valence-electron chi connectivity index (χ0n) is 15.0. The van der Waals surface area contributed by atoms with Crippen molar-refractivity contribution in [1.29, 1.82) is 0 Å². The molecular weight excluding hydrogens is 332 g/mol. The fourth-order valence-electron chi connectivity index (χ4n) is 3.00. The van der Waals surface area contributed by atoms with E-state index in [2.05, 4.69) is 5.32 Å². The Kier molecular flexibility index (Phi) is 5.41. The van der Waals surface area contributed by atoms with Crippen LogP contribution in [0.2, 0.25) is 0 Å². The molecule has 0 bridgehead atoms. The van der Waals surface area contributed by atoms with Gasteiger partial charge in [-0.05, 0) is 43.7 Å². The lowest BCUT2D eigenvalue weighted by Crippen LogP contribution is -2.25. The van der Waals surface area contributed by atoms with Crippen LogP contribution in [0.1, 0.15) is 30.1 Å². The molecule has 0 atom stereocenters. The average molecular weight is 354 g/mol. The summed E-state index contributed by atoms with van der Waals surface area (Å²) in [5.41, 5.74) is 1.79. The number of carbonyl (C=O) groups excluding carboxylic acids is 2. The highest BCUT2D eigenvalue weighted by Crippen LogP contribution is 2.31. The number of methoxy groups -OCH3 is 1. The summed E-state index contributed by atoms with van der Waals surface area (Å²) in [6.45, 7) is 3.07. The third-order valence-corrected chi connectivity index (χ3v) is 4.24. The van der Waals surface area contributed by atoms with Gasteiger partial charge in [0.15, 0.2) is 11.5 Å². The van der Waals surface area contributed by atoms with Gasteiger partial charge in [-0.25, -0.2) is 0 Å². The maximum Gasteiger partial charge on any atom is 0.255 e. The standard InChI is InChI=1S/C20H22N2O4/c1-3-26-17-11-10-14(13-18(17)25-2)20(24)21-15-7-4-5-8-16(15)22-12-6-9-19(22)23/h4-5,7-8,10-11,13H,3,6,9,12H2,1-2H3,(H,21,24). The summed E-state index contributed by atoms with van der Waals surface area (Å²) in [4.78, 5) is 26.5. The maximum absolute atomic E-state index is 12.7. The number of nitrogens with one attached hydrogen (secondary N) is 1. The van der Waals surface area contributed by atoms with Crippen molar-refractivity contribution in [3.63, 3.8) is 0 Å². The minimum Gasteiger partial charge on any atom is -0.493 e. The summed E-state index contributed by atoms with van der Waals surface area (Å²) < 4.78 is 10.8. The fraction of sp³-hybridized carbons (Fsp3) is 0.300. The number of amides is 2. The molecule has 3 rings (SSSR count). The number of hydrogen-bond acceptors (Lipinski definition) is 4. The molecule has 2 amide bonds. The second-order valence-electron chi connectivity index (χ2n) is 5.92. The zero-order valence-corrected chi connectivity index (χ0v) is 15.0. The Bertz CT molecular complexity index is 819. The molecule has 0 saturated carbocycles. The molecule has 0 radical (unpaired) electrons. The van der Waals surface area contributed by atoms with Gasteiger partial charge >= 0.3 is 0 Å². The van der Waals surface area contributed by atoms with Crippen molar-refractivity contribution < 1.29 is 19.1 Å². The molecule has 2 aromatic rings. The van der Waals surface area contributed by atoms with E-state index < -0.39 is 0 Å². The van der Waals surface area contributed by atoms with Crippen LogP contribution in [0.25, 0.3) is 0 Å². The number of anilines is 2. The Morgan fingerprint density at radius 1 is 1.19 bits per heavy atom. The largest absolute Gasteiger partial charge is 0.493 e. The summed E-state index contributed by atoms with van der Waals surface area (Å²) in [6.07, 6.45) is 1.37. The Morgan fingerprint density at radius 3 is 2.69 bits per heavy atom. The van der Waals surface area contributed by atoms with Crippen molar-refractivity contribution in [3.8, 4) is 11.5 Å². The van der Waals surface area contributed by atoms with Gasteiger partial charge in [0, 0.05) is 18.5 Å². The van der Waals surface area contributed by atoms with Crippen LogP contribution in [0.4, 0.5) is 11.4 Å². The number of rotatable bonds is 6. The lowest BCUT2D eigenvalue weighted by molar-refractivity contribution is -0.117. The second-order valence-corrected chi connectivity index (χ2v) is 5.92. The highest BCUT2D eigenvalue weighted by atomic mass is 16.5. The molecule has 1 aliphatic heterocycles. The van der Waals surface area contributed by atoms with Crippen LogP contribution in [0.5, 0.6) is 11.5 Å². The van der Waals surface area contributed by atoms with Gasteiger partial charge in [0.25, 0.3) is 5.91 Å². The van der Waals surface area contributed by atoms with Gasteiger partial charge in [0.05, 0.1) is 25.1 Å². The smallest absolute Gasteiger partial charge is 0.255 e. The molecular formula is C20H22N2O4. The van der Waals surface area contributed by atoms with Crippen LogP contribution in [-0.2, 0) is 4.79 Å². The predicted molar refractivity (Wildman–Crippen MR) is 100 cm³/mol. The molecule has 0 aliphatic carbocycles. The van der Waals surface area contributed by atoms with Gasteiger partial charge in [0.1, 0.15) is 0 Å². The lowest BCUT2D eigenvalue weighted by atomic mass is 10.1. The molecule has 0 unspecified atom stereocenters. The summed E-state index contributed by atoms with van der Waals surface area (Å²) in [6, 6.07) is 12.4. The van der Waals surface area contributed by atoms with Crippen molar-refractivity contribution in [2.45, 2.75) is 19.8 Å². The molecule has 6 heteroatoms. The number of nitrogens with zero attached hydrogens (tertiary/aromatic N) is 1. The molecule has 1 heterocycles. The van der Waals surface area contributed by atoms with E-state index in [1.807, 2.05) is 25.1 Å². The Balaban J connectivity index is 1.84. The van der Waals surface area contributed by atoms with Gasteiger partial charge < -0.3 is 19.7 Å². The van der Waals surface area contributed by atoms with Crippen molar-refractivity contribution in [1.82, 2.24) is 0 Å². The molecule has 1 saturated heterocycles. The predicted octanol–water partition coefficient (Wildman–Crippen LogP) is 3.47. The highest BCUT2D eigenvalue weighted by molar-refractivity contribution is 6.08. The van der Waals surface area contributed by atoms with E-state index in [1.54, 1.807) is 29.2 Å². The topological polar surface area (TPSA) is 67.9 Å². The minimum atomic E-state index is -0.273. The Labute approximate surface area is 152 Å². The normalized spacial score (nSPS) is 13.6. The summed E-state index contributed by atoms with van der Waals surface area (Å²) in [5.74, 6) is 0.900. The lowest BCUT2D eigenvalue weighted by Gasteiger charge is -2.20. The van der Waals surface area contributed by atoms with E-state index in [0.29, 0.717) is 42.3 Å². The van der Waals surface area contributed by atoms with Gasteiger partial charge in [-0.3, -0.25) is 9.59 Å². The molecule has 2 aromatic carbocycles. The van der Waals surface area contributed by atoms with Crippen LogP contribution in [0.15, 0.2) is 42.5 Å². The SMILES string of the molecule is CCOc1ccc(C(=O)Nc2ccccc2N2CCCC2=O)cc1OC. The van der Waals surface area contributed by atoms with E-state index in [9.17, 15) is 9.59 Å². The van der Waals surface area contributed by atoms with E-state index in [4.69, 9.17) is 9.47 Å².